The fourth-order valence-corrected chi connectivity index (χ4v) is 3.47. The van der Waals surface area contributed by atoms with E-state index in [0.29, 0.717) is 0 Å². The molecule has 0 saturated heterocycles. The Labute approximate surface area is 154 Å². The molecule has 0 unspecified atom stereocenters. The summed E-state index contributed by atoms with van der Waals surface area (Å²) in [6.45, 7) is 0.820. The molecule has 120 valence electrons. The van der Waals surface area contributed by atoms with Crippen LogP contribution in [-0.4, -0.2) is 4.98 Å². The number of pyridine rings is 1. The molecule has 2 aromatic carbocycles. The van der Waals surface area contributed by atoms with E-state index in [9.17, 15) is 4.39 Å². The molecule has 0 amide bonds. The third-order valence-corrected chi connectivity index (χ3v) is 4.77. The summed E-state index contributed by atoms with van der Waals surface area (Å²) in [5.41, 5.74) is 3.17. The quantitative estimate of drug-likeness (QED) is 0.475. The Balaban J connectivity index is 0.00000169. The molecule has 2 heterocycles. The first-order valence-corrected chi connectivity index (χ1v) is 8.19. The maximum Gasteiger partial charge on any atom is 0.196 e. The Morgan fingerprint density at radius 2 is 1.71 bits per heavy atom. The smallest absolute Gasteiger partial charge is 0.196 e. The molecule has 0 aliphatic rings. The molecule has 4 aromatic rings. The van der Waals surface area contributed by atoms with Crippen molar-refractivity contribution >= 4 is 21.6 Å². The van der Waals surface area contributed by atoms with Gasteiger partial charge in [-0.15, -0.1) is 11.3 Å². The Morgan fingerprint density at radius 1 is 0.958 bits per heavy atom. The third-order valence-electron chi connectivity index (χ3n) is 3.69. The lowest BCUT2D eigenvalue weighted by molar-refractivity contribution is -0.687. The molecule has 0 atom stereocenters. The fraction of sp³-hybridized carbons (Fsp3) is 0.0526. The van der Waals surface area contributed by atoms with Crippen LogP contribution in [0.3, 0.4) is 0 Å². The normalized spacial score (nSPS) is 10.5. The van der Waals surface area contributed by atoms with Crippen LogP contribution in [0.5, 0.6) is 0 Å². The van der Waals surface area contributed by atoms with Gasteiger partial charge in [0.15, 0.2) is 18.9 Å². The van der Waals surface area contributed by atoms with Crippen LogP contribution in [0.1, 0.15) is 5.56 Å². The van der Waals surface area contributed by atoms with Gasteiger partial charge >= 0.3 is 0 Å². The average Bonchev–Trinajstić information content (AvgIpc) is 3.00. The van der Waals surface area contributed by atoms with E-state index in [1.54, 1.807) is 23.5 Å². The van der Waals surface area contributed by atoms with Gasteiger partial charge in [-0.25, -0.2) is 9.37 Å². The van der Waals surface area contributed by atoms with Crippen molar-refractivity contribution in [2.45, 2.75) is 6.54 Å². The number of nitrogens with zero attached hydrogens (tertiary/aromatic N) is 2. The van der Waals surface area contributed by atoms with Crippen molar-refractivity contribution in [1.29, 1.82) is 0 Å². The number of hydrogen-bond acceptors (Lipinski definition) is 2. The van der Waals surface area contributed by atoms with E-state index in [0.717, 1.165) is 27.3 Å². The fourth-order valence-electron chi connectivity index (χ4n) is 2.53. The maximum absolute atomic E-state index is 13.0. The molecule has 4 rings (SSSR count). The van der Waals surface area contributed by atoms with E-state index in [4.69, 9.17) is 4.98 Å². The van der Waals surface area contributed by atoms with Crippen LogP contribution in [-0.2, 0) is 6.54 Å². The first-order valence-electron chi connectivity index (χ1n) is 7.37. The van der Waals surface area contributed by atoms with Gasteiger partial charge in [-0.2, -0.15) is 4.57 Å². The van der Waals surface area contributed by atoms with Crippen molar-refractivity contribution < 1.29 is 25.9 Å². The number of rotatable bonds is 3. The van der Waals surface area contributed by atoms with Crippen molar-refractivity contribution in [1.82, 2.24) is 4.98 Å². The number of hydrogen-bond donors (Lipinski definition) is 0. The van der Waals surface area contributed by atoms with Gasteiger partial charge in [0.05, 0.1) is 4.70 Å². The highest BCUT2D eigenvalue weighted by molar-refractivity contribution is 7.21. The third kappa shape index (κ3) is 3.52. The molecule has 0 aliphatic carbocycles. The molecule has 5 heteroatoms. The van der Waals surface area contributed by atoms with E-state index in [-0.39, 0.29) is 22.8 Å². The van der Waals surface area contributed by atoms with Gasteiger partial charge in [0.2, 0.25) is 0 Å². The zero-order valence-corrected chi connectivity index (χ0v) is 15.1. The Kier molecular flexibility index (Phi) is 5.02. The molecule has 0 saturated carbocycles. The average molecular weight is 401 g/mol. The number of halogens is 2. The largest absolute Gasteiger partial charge is 1.00 e. The van der Waals surface area contributed by atoms with Crippen LogP contribution < -0.4 is 21.5 Å². The summed E-state index contributed by atoms with van der Waals surface area (Å²) in [5, 5.41) is 0.914. The topological polar surface area (TPSA) is 16.8 Å². The van der Waals surface area contributed by atoms with Crippen molar-refractivity contribution in [2.24, 2.45) is 0 Å². The predicted octanol–water partition coefficient (Wildman–Crippen LogP) is 1.44. The van der Waals surface area contributed by atoms with E-state index in [1.165, 1.54) is 17.7 Å². The monoisotopic (exact) mass is 400 g/mol. The van der Waals surface area contributed by atoms with Crippen LogP contribution in [0.4, 0.5) is 4.39 Å². The summed E-state index contributed by atoms with van der Waals surface area (Å²) in [6, 6.07) is 18.9. The minimum Gasteiger partial charge on any atom is -1.00 e. The van der Waals surface area contributed by atoms with Crippen LogP contribution in [0.25, 0.3) is 20.8 Å². The van der Waals surface area contributed by atoms with Gasteiger partial charge in [-0.3, -0.25) is 0 Å². The number of fused-ring (bicyclic) bond motifs is 1. The molecule has 2 nitrogen and oxygen atoms in total. The first kappa shape index (κ1) is 16.7. The van der Waals surface area contributed by atoms with Gasteiger partial charge in [0.1, 0.15) is 16.3 Å². The number of thiazole rings is 1. The molecule has 0 fully saturated rings. The van der Waals surface area contributed by atoms with Crippen molar-refractivity contribution in [2.75, 3.05) is 0 Å². The van der Waals surface area contributed by atoms with E-state index in [1.807, 2.05) is 18.2 Å². The molecule has 24 heavy (non-hydrogen) atoms. The summed E-state index contributed by atoms with van der Waals surface area (Å²) in [4.78, 5) is 4.69. The molecule has 0 bridgehead atoms. The lowest BCUT2D eigenvalue weighted by atomic mass is 10.2. The molecular formula is C19H14BrFN2S. The van der Waals surface area contributed by atoms with Crippen LogP contribution in [0, 0.1) is 5.82 Å². The maximum atomic E-state index is 13.0. The van der Waals surface area contributed by atoms with E-state index >= 15 is 0 Å². The Bertz CT molecular complexity index is 952. The number of benzene rings is 2. The van der Waals surface area contributed by atoms with Crippen molar-refractivity contribution in [3.05, 3.63) is 84.4 Å². The molecular weight excluding hydrogens is 387 g/mol. The van der Waals surface area contributed by atoms with Gasteiger partial charge in [0.25, 0.3) is 0 Å². The second-order valence-electron chi connectivity index (χ2n) is 5.38. The van der Waals surface area contributed by atoms with Crippen LogP contribution in [0.15, 0.2) is 73.1 Å². The first-order chi connectivity index (χ1) is 11.3. The highest BCUT2D eigenvalue weighted by Gasteiger charge is 2.11. The summed E-state index contributed by atoms with van der Waals surface area (Å²) in [7, 11) is 0. The zero-order valence-electron chi connectivity index (χ0n) is 12.7. The Hall–Kier alpha value is -2.11. The van der Waals surface area contributed by atoms with Crippen molar-refractivity contribution in [3.8, 4) is 10.6 Å². The predicted molar refractivity (Wildman–Crippen MR) is 90.8 cm³/mol. The van der Waals surface area contributed by atoms with Crippen molar-refractivity contribution in [3.63, 3.8) is 0 Å². The highest BCUT2D eigenvalue weighted by atomic mass is 79.9. The van der Waals surface area contributed by atoms with Gasteiger partial charge in [-0.05, 0) is 24.3 Å². The second kappa shape index (κ2) is 7.20. The van der Waals surface area contributed by atoms with Gasteiger partial charge in [-0.1, -0.05) is 30.3 Å². The summed E-state index contributed by atoms with van der Waals surface area (Å²) >= 11 is 1.62. The second-order valence-corrected chi connectivity index (χ2v) is 6.41. The minimum absolute atomic E-state index is 0. The molecule has 0 aliphatic heterocycles. The molecule has 2 aromatic heterocycles. The standard InChI is InChI=1S/C19H14FN2S.BrH/c20-16-8-6-15(7-9-16)19-21-17-13-22(11-10-18(17)23-19)12-14-4-2-1-3-5-14;/h1-11,13H,12H2;1H/q+1;/p-1. The lowest BCUT2D eigenvalue weighted by Crippen LogP contribution is -3.00. The Morgan fingerprint density at radius 3 is 2.46 bits per heavy atom. The highest BCUT2D eigenvalue weighted by Crippen LogP contribution is 2.29. The summed E-state index contributed by atoms with van der Waals surface area (Å²) in [6.07, 6.45) is 4.13. The van der Waals surface area contributed by atoms with Gasteiger partial charge < -0.3 is 17.0 Å². The van der Waals surface area contributed by atoms with Gasteiger partial charge in [0, 0.05) is 17.2 Å². The van der Waals surface area contributed by atoms with Crippen LogP contribution >= 0.6 is 11.3 Å². The van der Waals surface area contributed by atoms with E-state index < -0.39 is 0 Å². The molecule has 0 radical (unpaired) electrons. The summed E-state index contributed by atoms with van der Waals surface area (Å²) in [5.74, 6) is -0.226. The minimum atomic E-state index is -0.226. The SMILES string of the molecule is Fc1ccc(-c2nc3c[n+](Cc4ccccc4)ccc3s2)cc1.[Br-]. The molecule has 0 N–H and O–H groups in total. The van der Waals surface area contributed by atoms with Crippen LogP contribution in [0.2, 0.25) is 0 Å². The summed E-state index contributed by atoms with van der Waals surface area (Å²) < 4.78 is 16.3. The molecule has 0 spiro atoms. The van der Waals surface area contributed by atoms with E-state index in [2.05, 4.69) is 35.2 Å². The lowest BCUT2D eigenvalue weighted by Gasteiger charge is -1.96. The zero-order chi connectivity index (χ0) is 15.6. The number of aromatic nitrogens is 2.